The van der Waals surface area contributed by atoms with E-state index < -0.39 is 0 Å². The van der Waals surface area contributed by atoms with Gasteiger partial charge in [-0.1, -0.05) is 0 Å². The Bertz CT molecular complexity index is 390. The lowest BCUT2D eigenvalue weighted by Gasteiger charge is -2.16. The van der Waals surface area contributed by atoms with Gasteiger partial charge < -0.3 is 15.1 Å². The smallest absolute Gasteiger partial charge is 0.191 e. The van der Waals surface area contributed by atoms with Gasteiger partial charge in [0.25, 0.3) is 0 Å². The van der Waals surface area contributed by atoms with Gasteiger partial charge in [-0.15, -0.1) is 0 Å². The number of furan rings is 1. The van der Waals surface area contributed by atoms with Crippen molar-refractivity contribution in [3.8, 4) is 0 Å². The van der Waals surface area contributed by atoms with Gasteiger partial charge in [-0.2, -0.15) is 11.8 Å². The van der Waals surface area contributed by atoms with E-state index in [1.807, 2.05) is 30.8 Å². The van der Waals surface area contributed by atoms with Crippen molar-refractivity contribution in [2.24, 2.45) is 4.99 Å². The van der Waals surface area contributed by atoms with Gasteiger partial charge in [-0.25, -0.2) is 0 Å². The Morgan fingerprint density at radius 3 is 2.79 bits per heavy atom. The summed E-state index contributed by atoms with van der Waals surface area (Å²) in [5.74, 6) is 3.91. The zero-order valence-corrected chi connectivity index (χ0v) is 13.1. The third-order valence-corrected chi connectivity index (χ3v) is 3.53. The summed E-state index contributed by atoms with van der Waals surface area (Å²) in [4.78, 5) is 4.23. The second-order valence-corrected chi connectivity index (χ2v) is 5.50. The molecule has 1 aromatic heterocycles. The van der Waals surface area contributed by atoms with Gasteiger partial charge in [0.2, 0.25) is 0 Å². The van der Waals surface area contributed by atoms with E-state index in [1.54, 1.807) is 7.05 Å². The first-order valence-electron chi connectivity index (χ1n) is 6.69. The van der Waals surface area contributed by atoms with Crippen LogP contribution in [0.5, 0.6) is 0 Å². The average Bonchev–Trinajstić information content (AvgIpc) is 2.83. The number of aliphatic imine (C=N–C) groups is 1. The molecular weight excluding hydrogens is 258 g/mol. The maximum Gasteiger partial charge on any atom is 0.191 e. The molecule has 0 aliphatic carbocycles. The first-order chi connectivity index (χ1) is 9.17. The van der Waals surface area contributed by atoms with E-state index in [9.17, 15) is 0 Å². The molecule has 0 bridgehead atoms. The number of nitrogens with zero attached hydrogens (tertiary/aromatic N) is 1. The van der Waals surface area contributed by atoms with E-state index in [4.69, 9.17) is 4.42 Å². The molecule has 0 saturated heterocycles. The Balaban J connectivity index is 2.32. The fourth-order valence-electron chi connectivity index (χ4n) is 1.74. The van der Waals surface area contributed by atoms with Crippen molar-refractivity contribution in [3.05, 3.63) is 23.7 Å². The van der Waals surface area contributed by atoms with Gasteiger partial charge in [0.15, 0.2) is 5.96 Å². The molecule has 1 rings (SSSR count). The molecule has 0 saturated carbocycles. The predicted molar refractivity (Wildman–Crippen MR) is 84.0 cm³/mol. The fourth-order valence-corrected chi connectivity index (χ4v) is 2.23. The maximum absolute atomic E-state index is 5.60. The van der Waals surface area contributed by atoms with E-state index in [0.29, 0.717) is 0 Å². The summed E-state index contributed by atoms with van der Waals surface area (Å²) in [6.07, 6.45) is 4.54. The molecule has 1 aromatic rings. The minimum absolute atomic E-state index is 0.117. The lowest BCUT2D eigenvalue weighted by Crippen LogP contribution is -2.39. The normalized spacial score (nSPS) is 13.4. The van der Waals surface area contributed by atoms with E-state index in [0.717, 1.165) is 30.4 Å². The van der Waals surface area contributed by atoms with Gasteiger partial charge in [-0.3, -0.25) is 4.99 Å². The molecule has 1 heterocycles. The molecule has 0 fully saturated rings. The Hall–Kier alpha value is -1.10. The van der Waals surface area contributed by atoms with Gasteiger partial charge in [0, 0.05) is 13.6 Å². The van der Waals surface area contributed by atoms with Crippen LogP contribution in [0.15, 0.2) is 21.5 Å². The maximum atomic E-state index is 5.60. The lowest BCUT2D eigenvalue weighted by atomic mass is 10.2. The van der Waals surface area contributed by atoms with Crippen LogP contribution in [0, 0.1) is 6.92 Å². The number of aryl methyl sites for hydroxylation is 1. The number of guanidine groups is 1. The number of hydrogen-bond acceptors (Lipinski definition) is 3. The van der Waals surface area contributed by atoms with Crippen molar-refractivity contribution in [1.29, 1.82) is 0 Å². The van der Waals surface area contributed by atoms with Crippen molar-refractivity contribution in [2.75, 3.05) is 25.6 Å². The van der Waals surface area contributed by atoms with Crippen molar-refractivity contribution >= 4 is 17.7 Å². The summed E-state index contributed by atoms with van der Waals surface area (Å²) in [7, 11) is 1.79. The number of rotatable bonds is 7. The standard InChI is InChI=1S/C14H25N3OS/c1-11-7-8-13(18-11)12(2)17-14(15-3)16-9-5-6-10-19-4/h7-8,12H,5-6,9-10H2,1-4H3,(H2,15,16,17). The molecule has 2 N–H and O–H groups in total. The minimum atomic E-state index is 0.117. The van der Waals surface area contributed by atoms with Gasteiger partial charge >= 0.3 is 0 Å². The molecule has 0 spiro atoms. The third kappa shape index (κ3) is 6.05. The number of thioether (sulfide) groups is 1. The van der Waals surface area contributed by atoms with Crippen molar-refractivity contribution in [1.82, 2.24) is 10.6 Å². The summed E-state index contributed by atoms with van der Waals surface area (Å²) >= 11 is 1.89. The van der Waals surface area contributed by atoms with Gasteiger partial charge in [-0.05, 0) is 50.8 Å². The Morgan fingerprint density at radius 1 is 1.42 bits per heavy atom. The van der Waals surface area contributed by atoms with Crippen LogP contribution in [0.25, 0.3) is 0 Å². The largest absolute Gasteiger partial charge is 0.464 e. The van der Waals surface area contributed by atoms with Crippen LogP contribution in [0.3, 0.4) is 0 Å². The van der Waals surface area contributed by atoms with E-state index in [2.05, 4.69) is 28.8 Å². The first kappa shape index (κ1) is 16.0. The summed E-state index contributed by atoms with van der Waals surface area (Å²) in [6.45, 7) is 4.97. The third-order valence-electron chi connectivity index (χ3n) is 2.83. The molecule has 4 nitrogen and oxygen atoms in total. The summed E-state index contributed by atoms with van der Waals surface area (Å²) < 4.78 is 5.60. The lowest BCUT2D eigenvalue weighted by molar-refractivity contribution is 0.441. The highest BCUT2D eigenvalue weighted by Gasteiger charge is 2.10. The number of hydrogen-bond donors (Lipinski definition) is 2. The summed E-state index contributed by atoms with van der Waals surface area (Å²) in [5, 5.41) is 6.65. The van der Waals surface area contributed by atoms with Crippen molar-refractivity contribution < 1.29 is 4.42 Å². The zero-order chi connectivity index (χ0) is 14.1. The number of unbranched alkanes of at least 4 members (excludes halogenated alkanes) is 1. The first-order valence-corrected chi connectivity index (χ1v) is 8.09. The highest BCUT2D eigenvalue weighted by Crippen LogP contribution is 2.15. The molecule has 0 aliphatic rings. The molecule has 0 amide bonds. The van der Waals surface area contributed by atoms with Crippen LogP contribution in [0.2, 0.25) is 0 Å². The highest BCUT2D eigenvalue weighted by molar-refractivity contribution is 7.98. The molecule has 0 aromatic carbocycles. The van der Waals surface area contributed by atoms with Crippen LogP contribution in [-0.4, -0.2) is 31.6 Å². The SMILES string of the molecule is CN=C(NCCCCSC)NC(C)c1ccc(C)o1. The van der Waals surface area contributed by atoms with Gasteiger partial charge in [0.05, 0.1) is 6.04 Å². The predicted octanol–water partition coefficient (Wildman–Crippen LogP) is 2.96. The Kier molecular flexibility index (Phi) is 7.48. The van der Waals surface area contributed by atoms with E-state index in [1.165, 1.54) is 12.2 Å². The molecule has 1 atom stereocenters. The van der Waals surface area contributed by atoms with E-state index in [-0.39, 0.29) is 6.04 Å². The molecule has 5 heteroatoms. The van der Waals surface area contributed by atoms with Crippen LogP contribution in [0.4, 0.5) is 0 Å². The second kappa shape index (κ2) is 8.91. The highest BCUT2D eigenvalue weighted by atomic mass is 32.2. The van der Waals surface area contributed by atoms with E-state index >= 15 is 0 Å². The van der Waals surface area contributed by atoms with Gasteiger partial charge in [0.1, 0.15) is 11.5 Å². The molecule has 108 valence electrons. The monoisotopic (exact) mass is 283 g/mol. The molecule has 0 radical (unpaired) electrons. The topological polar surface area (TPSA) is 49.6 Å². The molecule has 0 aliphatic heterocycles. The van der Waals surface area contributed by atoms with Crippen molar-refractivity contribution in [2.45, 2.75) is 32.7 Å². The van der Waals surface area contributed by atoms with Crippen LogP contribution < -0.4 is 10.6 Å². The Morgan fingerprint density at radius 2 is 2.21 bits per heavy atom. The Labute approximate surface area is 120 Å². The molecule has 19 heavy (non-hydrogen) atoms. The molecular formula is C14H25N3OS. The van der Waals surface area contributed by atoms with Crippen molar-refractivity contribution in [3.63, 3.8) is 0 Å². The zero-order valence-electron chi connectivity index (χ0n) is 12.3. The average molecular weight is 283 g/mol. The fraction of sp³-hybridized carbons (Fsp3) is 0.643. The second-order valence-electron chi connectivity index (χ2n) is 4.51. The summed E-state index contributed by atoms with van der Waals surface area (Å²) in [6, 6.07) is 4.09. The summed E-state index contributed by atoms with van der Waals surface area (Å²) in [5.41, 5.74) is 0. The van der Waals surface area contributed by atoms with Crippen LogP contribution in [0.1, 0.15) is 37.3 Å². The van der Waals surface area contributed by atoms with Crippen LogP contribution >= 0.6 is 11.8 Å². The quantitative estimate of drug-likeness (QED) is 0.459. The van der Waals surface area contributed by atoms with Crippen LogP contribution in [-0.2, 0) is 0 Å². The molecule has 1 unspecified atom stereocenters. The number of nitrogens with one attached hydrogen (secondary N) is 2. The minimum Gasteiger partial charge on any atom is -0.464 e.